The molecule has 114 valence electrons. The monoisotopic (exact) mass is 328 g/mol. The lowest BCUT2D eigenvalue weighted by atomic mass is 10.2. The van der Waals surface area contributed by atoms with Gasteiger partial charge in [0.2, 0.25) is 0 Å². The van der Waals surface area contributed by atoms with Crippen LogP contribution in [0.4, 0.5) is 4.79 Å². The number of amides is 2. The molecule has 2 N–H and O–H groups in total. The fourth-order valence-corrected chi connectivity index (χ4v) is 2.55. The second-order valence-electron chi connectivity index (χ2n) is 4.98. The topological polar surface area (TPSA) is 52.6 Å². The van der Waals surface area contributed by atoms with E-state index in [1.807, 2.05) is 6.07 Å². The van der Waals surface area contributed by atoms with Gasteiger partial charge in [-0.1, -0.05) is 41.4 Å². The molecule has 0 unspecified atom stereocenters. The number of benzene rings is 1. The highest BCUT2D eigenvalue weighted by Gasteiger charge is 2.18. The van der Waals surface area contributed by atoms with Gasteiger partial charge in [-0.15, -0.1) is 0 Å². The number of aliphatic hydroxyl groups excluding tert-OH is 1. The van der Waals surface area contributed by atoms with E-state index in [0.29, 0.717) is 16.6 Å². The summed E-state index contributed by atoms with van der Waals surface area (Å²) < 4.78 is 0. The van der Waals surface area contributed by atoms with Crippen LogP contribution in [0.5, 0.6) is 0 Å². The molecule has 1 aliphatic rings. The van der Waals surface area contributed by atoms with Crippen LogP contribution in [-0.2, 0) is 6.54 Å². The summed E-state index contributed by atoms with van der Waals surface area (Å²) in [6, 6.07) is 5.23. The van der Waals surface area contributed by atoms with Gasteiger partial charge >= 0.3 is 6.03 Å². The third kappa shape index (κ3) is 4.63. The van der Waals surface area contributed by atoms with Gasteiger partial charge in [-0.2, -0.15) is 0 Å². The maximum Gasteiger partial charge on any atom is 0.318 e. The number of carbonyl (C=O) groups is 1. The normalized spacial score (nSPS) is 14.4. The van der Waals surface area contributed by atoms with Crippen molar-refractivity contribution in [3.8, 4) is 0 Å². The van der Waals surface area contributed by atoms with Crippen LogP contribution in [0.1, 0.15) is 18.4 Å². The molecule has 0 saturated heterocycles. The first kappa shape index (κ1) is 16.1. The molecular formula is C15H18Cl2N2O2. The minimum absolute atomic E-state index is 0.0857. The Balaban J connectivity index is 1.99. The Morgan fingerprint density at radius 2 is 2.00 bits per heavy atom. The predicted molar refractivity (Wildman–Crippen MR) is 84.7 cm³/mol. The number of hydrogen-bond donors (Lipinski definition) is 2. The molecule has 0 radical (unpaired) electrons. The van der Waals surface area contributed by atoms with E-state index in [0.717, 1.165) is 18.4 Å². The number of halogens is 2. The summed E-state index contributed by atoms with van der Waals surface area (Å²) >= 11 is 11.9. The smallest absolute Gasteiger partial charge is 0.318 e. The van der Waals surface area contributed by atoms with E-state index in [4.69, 9.17) is 28.3 Å². The maximum atomic E-state index is 12.3. The van der Waals surface area contributed by atoms with Gasteiger partial charge in [0.15, 0.2) is 0 Å². The second-order valence-corrected chi connectivity index (χ2v) is 5.80. The molecular weight excluding hydrogens is 311 g/mol. The zero-order valence-corrected chi connectivity index (χ0v) is 13.1. The highest BCUT2D eigenvalue weighted by Crippen LogP contribution is 2.23. The van der Waals surface area contributed by atoms with Crippen LogP contribution in [0, 0.1) is 0 Å². The minimum Gasteiger partial charge on any atom is -0.395 e. The van der Waals surface area contributed by atoms with Crippen molar-refractivity contribution in [2.45, 2.75) is 25.4 Å². The van der Waals surface area contributed by atoms with Crippen LogP contribution in [0.15, 0.2) is 30.4 Å². The van der Waals surface area contributed by atoms with E-state index < -0.39 is 0 Å². The average Bonchev–Trinajstić information content (AvgIpc) is 2.95. The molecule has 0 atom stereocenters. The summed E-state index contributed by atoms with van der Waals surface area (Å²) in [4.78, 5) is 13.8. The quantitative estimate of drug-likeness (QED) is 0.815. The molecule has 1 aromatic carbocycles. The fraction of sp³-hybridized carbons (Fsp3) is 0.400. The molecule has 0 bridgehead atoms. The molecule has 2 amide bonds. The van der Waals surface area contributed by atoms with Crippen LogP contribution >= 0.6 is 23.2 Å². The van der Waals surface area contributed by atoms with E-state index in [1.165, 1.54) is 0 Å². The van der Waals surface area contributed by atoms with Crippen molar-refractivity contribution >= 4 is 29.2 Å². The van der Waals surface area contributed by atoms with Gasteiger partial charge in [-0.3, -0.25) is 0 Å². The Morgan fingerprint density at radius 1 is 1.29 bits per heavy atom. The standard InChI is InChI=1S/C15H18Cl2N2O2/c16-13-6-5-11(9-14(13)17)10-19(7-8-20)15(21)18-12-3-1-2-4-12/h1-2,5-6,9,12,20H,3-4,7-8,10H2,(H,18,21). The fourth-order valence-electron chi connectivity index (χ4n) is 2.23. The highest BCUT2D eigenvalue weighted by atomic mass is 35.5. The molecule has 4 nitrogen and oxygen atoms in total. The summed E-state index contributed by atoms with van der Waals surface area (Å²) in [6.45, 7) is 0.563. The van der Waals surface area contributed by atoms with Crippen LogP contribution in [-0.4, -0.2) is 35.2 Å². The molecule has 0 aliphatic heterocycles. The maximum absolute atomic E-state index is 12.3. The summed E-state index contributed by atoms with van der Waals surface area (Å²) in [6.07, 6.45) is 5.82. The third-order valence-electron chi connectivity index (χ3n) is 3.35. The predicted octanol–water partition coefficient (Wildman–Crippen LogP) is 3.22. The number of aliphatic hydroxyl groups is 1. The summed E-state index contributed by atoms with van der Waals surface area (Å²) in [5.74, 6) is 0. The molecule has 1 aliphatic carbocycles. The van der Waals surface area contributed by atoms with E-state index >= 15 is 0 Å². The highest BCUT2D eigenvalue weighted by molar-refractivity contribution is 6.42. The molecule has 0 saturated carbocycles. The van der Waals surface area contributed by atoms with Gasteiger partial charge < -0.3 is 15.3 Å². The zero-order chi connectivity index (χ0) is 15.2. The van der Waals surface area contributed by atoms with Gasteiger partial charge in [-0.05, 0) is 30.5 Å². The Bertz CT molecular complexity index is 526. The van der Waals surface area contributed by atoms with Gasteiger partial charge in [0.05, 0.1) is 16.7 Å². The lowest BCUT2D eigenvalue weighted by molar-refractivity contribution is 0.171. The second kappa shape index (κ2) is 7.69. The first-order chi connectivity index (χ1) is 10.1. The molecule has 2 rings (SSSR count). The summed E-state index contributed by atoms with van der Waals surface area (Å²) in [7, 11) is 0. The number of carbonyl (C=O) groups excluding carboxylic acids is 1. The number of rotatable bonds is 5. The molecule has 21 heavy (non-hydrogen) atoms. The van der Waals surface area contributed by atoms with E-state index in [2.05, 4.69) is 17.5 Å². The molecule has 1 aromatic rings. The van der Waals surface area contributed by atoms with Crippen LogP contribution in [0.3, 0.4) is 0 Å². The van der Waals surface area contributed by atoms with E-state index in [1.54, 1.807) is 17.0 Å². The lowest BCUT2D eigenvalue weighted by Gasteiger charge is -2.24. The Kier molecular flexibility index (Phi) is 5.91. The van der Waals surface area contributed by atoms with Crippen molar-refractivity contribution in [2.75, 3.05) is 13.2 Å². The SMILES string of the molecule is O=C(NC1CC=CC1)N(CCO)Cc1ccc(Cl)c(Cl)c1. The van der Waals surface area contributed by atoms with E-state index in [-0.39, 0.29) is 25.2 Å². The van der Waals surface area contributed by atoms with Gasteiger partial charge in [0.25, 0.3) is 0 Å². The molecule has 0 aromatic heterocycles. The number of nitrogens with one attached hydrogen (secondary N) is 1. The van der Waals surface area contributed by atoms with Crippen molar-refractivity contribution < 1.29 is 9.90 Å². The first-order valence-electron chi connectivity index (χ1n) is 6.85. The average molecular weight is 329 g/mol. The largest absolute Gasteiger partial charge is 0.395 e. The lowest BCUT2D eigenvalue weighted by Crippen LogP contribution is -2.44. The number of nitrogens with zero attached hydrogens (tertiary/aromatic N) is 1. The van der Waals surface area contributed by atoms with Crippen molar-refractivity contribution in [2.24, 2.45) is 0 Å². The molecule has 0 spiro atoms. The minimum atomic E-state index is -0.177. The van der Waals surface area contributed by atoms with Crippen LogP contribution in [0.2, 0.25) is 10.0 Å². The molecule has 0 fully saturated rings. The van der Waals surface area contributed by atoms with Crippen LogP contribution < -0.4 is 5.32 Å². The van der Waals surface area contributed by atoms with Gasteiger partial charge in [0, 0.05) is 19.1 Å². The Morgan fingerprint density at radius 3 is 2.62 bits per heavy atom. The first-order valence-corrected chi connectivity index (χ1v) is 7.61. The zero-order valence-electron chi connectivity index (χ0n) is 11.6. The summed E-state index contributed by atoms with van der Waals surface area (Å²) in [5, 5.41) is 13.0. The molecule has 0 heterocycles. The summed E-state index contributed by atoms with van der Waals surface area (Å²) in [5.41, 5.74) is 0.873. The third-order valence-corrected chi connectivity index (χ3v) is 4.09. The van der Waals surface area contributed by atoms with Crippen molar-refractivity contribution in [1.82, 2.24) is 10.2 Å². The van der Waals surface area contributed by atoms with Crippen LogP contribution in [0.25, 0.3) is 0 Å². The molecule has 6 heteroatoms. The number of urea groups is 1. The Hall–Kier alpha value is -1.23. The van der Waals surface area contributed by atoms with Gasteiger partial charge in [0.1, 0.15) is 0 Å². The van der Waals surface area contributed by atoms with Crippen molar-refractivity contribution in [3.63, 3.8) is 0 Å². The Labute approximate surface area is 134 Å². The number of hydrogen-bond acceptors (Lipinski definition) is 2. The van der Waals surface area contributed by atoms with E-state index in [9.17, 15) is 4.79 Å². The van der Waals surface area contributed by atoms with Crippen molar-refractivity contribution in [1.29, 1.82) is 0 Å². The van der Waals surface area contributed by atoms with Crippen molar-refractivity contribution in [3.05, 3.63) is 46.0 Å². The van der Waals surface area contributed by atoms with Gasteiger partial charge in [-0.25, -0.2) is 4.79 Å².